The highest BCUT2D eigenvalue weighted by molar-refractivity contribution is 9.10. The minimum Gasteiger partial charge on any atom is -0.504 e. The van der Waals surface area contributed by atoms with Crippen LogP contribution in [-0.4, -0.2) is 29.7 Å². The van der Waals surface area contributed by atoms with Gasteiger partial charge in [0.2, 0.25) is 6.79 Å². The van der Waals surface area contributed by atoms with E-state index in [1.165, 1.54) is 0 Å². The fourth-order valence-corrected chi connectivity index (χ4v) is 7.53. The molecule has 1 fully saturated rings. The zero-order chi connectivity index (χ0) is 30.3. The number of fused-ring (bicyclic) bond motifs is 2. The number of phenols is 1. The van der Waals surface area contributed by atoms with Gasteiger partial charge in [-0.1, -0.05) is 52.3 Å². The SMILES string of the molecule is COc1cc2c(cc1O)C/C(=N/P(=O)(Oc1ccccc1)Oc1ccccc1)N(Cc1cc3c(cc1Br)OCO3)C2C1CC1. The maximum absolute atomic E-state index is 14.6. The average molecular weight is 677 g/mol. The zero-order valence-electron chi connectivity index (χ0n) is 23.9. The molecular formula is C33H30BrN2O7P. The maximum Gasteiger partial charge on any atom is 0.564 e. The van der Waals surface area contributed by atoms with Crippen LogP contribution in [0.5, 0.6) is 34.5 Å². The summed E-state index contributed by atoms with van der Waals surface area (Å²) in [6.45, 7) is 0.594. The predicted octanol–water partition coefficient (Wildman–Crippen LogP) is 8.07. The highest BCUT2D eigenvalue weighted by Gasteiger charge is 2.44. The Labute approximate surface area is 263 Å². The summed E-state index contributed by atoms with van der Waals surface area (Å²) in [5, 5.41) is 10.7. The largest absolute Gasteiger partial charge is 0.564 e. The van der Waals surface area contributed by atoms with E-state index >= 15 is 0 Å². The molecule has 7 rings (SSSR count). The van der Waals surface area contributed by atoms with E-state index < -0.39 is 7.75 Å². The van der Waals surface area contributed by atoms with Crippen LogP contribution in [0.25, 0.3) is 0 Å². The van der Waals surface area contributed by atoms with Gasteiger partial charge in [-0.3, -0.25) is 0 Å². The number of ether oxygens (including phenoxy) is 3. The second kappa shape index (κ2) is 11.7. The lowest BCUT2D eigenvalue weighted by Crippen LogP contribution is -2.41. The Morgan fingerprint density at radius 3 is 2.20 bits per heavy atom. The van der Waals surface area contributed by atoms with Crippen LogP contribution >= 0.6 is 23.7 Å². The van der Waals surface area contributed by atoms with Gasteiger partial charge >= 0.3 is 7.75 Å². The normalized spacial score (nSPS) is 18.2. The Morgan fingerprint density at radius 2 is 1.59 bits per heavy atom. The van der Waals surface area contributed by atoms with Crippen LogP contribution in [0, 0.1) is 5.92 Å². The van der Waals surface area contributed by atoms with Crippen LogP contribution in [0.1, 0.15) is 35.6 Å². The molecule has 4 aromatic carbocycles. The van der Waals surface area contributed by atoms with Gasteiger partial charge in [-0.15, -0.1) is 4.76 Å². The Morgan fingerprint density at radius 1 is 0.955 bits per heavy atom. The van der Waals surface area contributed by atoms with Crippen LogP contribution in [-0.2, 0) is 17.5 Å². The topological polar surface area (TPSA) is 99.1 Å². The van der Waals surface area contributed by atoms with Gasteiger partial charge in [-0.25, -0.2) is 4.57 Å². The minimum absolute atomic E-state index is 0.0383. The number of benzene rings is 4. The molecular weight excluding hydrogens is 647 g/mol. The van der Waals surface area contributed by atoms with Crippen LogP contribution in [0.4, 0.5) is 0 Å². The molecule has 1 aliphatic carbocycles. The Kier molecular flexibility index (Phi) is 7.64. The lowest BCUT2D eigenvalue weighted by atomic mass is 9.88. The number of nitrogens with zero attached hydrogens (tertiary/aromatic N) is 2. The van der Waals surface area contributed by atoms with Crippen molar-refractivity contribution in [1.82, 2.24) is 4.90 Å². The van der Waals surface area contributed by atoms with E-state index in [0.717, 1.165) is 34.0 Å². The third kappa shape index (κ3) is 5.84. The fourth-order valence-electron chi connectivity index (χ4n) is 5.72. The van der Waals surface area contributed by atoms with Gasteiger partial charge in [-0.05, 0) is 84.0 Å². The molecule has 0 radical (unpaired) electrons. The van der Waals surface area contributed by atoms with Gasteiger partial charge in [0, 0.05) is 17.4 Å². The van der Waals surface area contributed by atoms with Crippen LogP contribution in [0.15, 0.2) is 94.2 Å². The van der Waals surface area contributed by atoms with Crippen LogP contribution in [0.2, 0.25) is 0 Å². The van der Waals surface area contributed by atoms with Crippen molar-refractivity contribution in [3.05, 3.63) is 106 Å². The monoisotopic (exact) mass is 676 g/mol. The molecule has 1 atom stereocenters. The van der Waals surface area contributed by atoms with E-state index in [1.807, 2.05) is 30.3 Å². The molecule has 0 amide bonds. The van der Waals surface area contributed by atoms with Crippen molar-refractivity contribution in [3.63, 3.8) is 0 Å². The van der Waals surface area contributed by atoms with Crippen molar-refractivity contribution in [1.29, 1.82) is 0 Å². The third-order valence-corrected chi connectivity index (χ3v) is 9.99. The van der Waals surface area contributed by atoms with Crippen molar-refractivity contribution in [2.24, 2.45) is 10.7 Å². The summed E-state index contributed by atoms with van der Waals surface area (Å²) in [5.74, 6) is 3.39. The number of hydrogen-bond acceptors (Lipinski definition) is 7. The van der Waals surface area contributed by atoms with Crippen LogP contribution < -0.4 is 23.3 Å². The first kappa shape index (κ1) is 28.6. The fraction of sp³-hybridized carbons (Fsp3) is 0.242. The quantitative estimate of drug-likeness (QED) is 0.178. The summed E-state index contributed by atoms with van der Waals surface area (Å²) in [6, 6.07) is 25.2. The van der Waals surface area contributed by atoms with Crippen molar-refractivity contribution in [2.75, 3.05) is 13.9 Å². The second-order valence-corrected chi connectivity index (χ2v) is 13.3. The average Bonchev–Trinajstić information content (AvgIpc) is 3.75. The van der Waals surface area contributed by atoms with E-state index in [1.54, 1.807) is 61.7 Å². The number of hydrogen-bond donors (Lipinski definition) is 1. The third-order valence-electron chi connectivity index (χ3n) is 7.89. The first-order valence-electron chi connectivity index (χ1n) is 14.3. The first-order valence-corrected chi connectivity index (χ1v) is 16.6. The number of aromatic hydroxyl groups is 1. The van der Waals surface area contributed by atoms with E-state index in [-0.39, 0.29) is 18.6 Å². The van der Waals surface area contributed by atoms with Crippen molar-refractivity contribution in [3.8, 4) is 34.5 Å². The van der Waals surface area contributed by atoms with Crippen molar-refractivity contribution in [2.45, 2.75) is 31.8 Å². The van der Waals surface area contributed by atoms with Crippen molar-refractivity contribution >= 4 is 29.5 Å². The molecule has 0 bridgehead atoms. The molecule has 226 valence electrons. The molecule has 44 heavy (non-hydrogen) atoms. The van der Waals surface area contributed by atoms with Crippen LogP contribution in [0.3, 0.4) is 0 Å². The van der Waals surface area contributed by atoms with Gasteiger partial charge in [0.1, 0.15) is 17.3 Å². The predicted molar refractivity (Wildman–Crippen MR) is 169 cm³/mol. The molecule has 11 heteroatoms. The molecule has 1 saturated carbocycles. The van der Waals surface area contributed by atoms with Gasteiger partial charge in [0.15, 0.2) is 23.0 Å². The van der Waals surface area contributed by atoms with Gasteiger partial charge in [0.05, 0.1) is 13.2 Å². The number of rotatable bonds is 9. The standard InChI is InChI=1S/C33H30BrN2O7P/c1-39-29-17-26-22(14-28(29)37)16-32(35-44(38,42-24-8-4-2-5-9-24)43-25-10-6-3-7-11-25)36(33(26)21-12-13-21)19-23-15-30-31(18-27(23)34)41-20-40-30/h2-11,14-15,17-18,21,33,37H,12-13,16,19-20H2,1H3/b35-32-. The van der Waals surface area contributed by atoms with E-state index in [4.69, 9.17) is 28.0 Å². The second-order valence-electron chi connectivity index (χ2n) is 10.9. The highest BCUT2D eigenvalue weighted by atomic mass is 79.9. The molecule has 0 aromatic heterocycles. The Balaban J connectivity index is 1.37. The number of amidine groups is 1. The molecule has 1 unspecified atom stereocenters. The molecule has 1 N–H and O–H groups in total. The van der Waals surface area contributed by atoms with Crippen molar-refractivity contribution < 1.29 is 32.9 Å². The lowest BCUT2D eigenvalue weighted by molar-refractivity contribution is 0.174. The number of methoxy groups -OCH3 is 1. The molecule has 9 nitrogen and oxygen atoms in total. The van der Waals surface area contributed by atoms with E-state index in [0.29, 0.717) is 53.5 Å². The minimum atomic E-state index is -4.17. The molecule has 3 aliphatic rings. The van der Waals surface area contributed by atoms with Gasteiger partial charge in [-0.2, -0.15) is 0 Å². The Bertz CT molecular complexity index is 1720. The zero-order valence-corrected chi connectivity index (χ0v) is 26.4. The molecule has 2 heterocycles. The highest BCUT2D eigenvalue weighted by Crippen LogP contribution is 2.54. The number of phenolic OH excluding ortho intramolecular Hbond substituents is 1. The number of para-hydroxylation sites is 2. The summed E-state index contributed by atoms with van der Waals surface area (Å²) >= 11 is 3.72. The summed E-state index contributed by atoms with van der Waals surface area (Å²) in [7, 11) is -2.63. The lowest BCUT2D eigenvalue weighted by Gasteiger charge is -2.40. The Hall–Kier alpha value is -4.14. The summed E-state index contributed by atoms with van der Waals surface area (Å²) < 4.78 is 49.2. The summed E-state index contributed by atoms with van der Waals surface area (Å²) in [6.07, 6.45) is 2.34. The smallest absolute Gasteiger partial charge is 0.504 e. The maximum atomic E-state index is 14.6. The summed E-state index contributed by atoms with van der Waals surface area (Å²) in [4.78, 5) is 2.17. The summed E-state index contributed by atoms with van der Waals surface area (Å²) in [5.41, 5.74) is 2.87. The molecule has 2 aliphatic heterocycles. The van der Waals surface area contributed by atoms with E-state index in [2.05, 4.69) is 20.8 Å². The van der Waals surface area contributed by atoms with Gasteiger partial charge in [0.25, 0.3) is 0 Å². The molecule has 0 spiro atoms. The number of halogens is 1. The van der Waals surface area contributed by atoms with E-state index in [9.17, 15) is 9.67 Å². The molecule has 0 saturated heterocycles. The van der Waals surface area contributed by atoms with Gasteiger partial charge < -0.3 is 33.3 Å². The molecule has 4 aromatic rings. The first-order chi connectivity index (χ1) is 21.4.